The van der Waals surface area contributed by atoms with Crippen LogP contribution in [0.3, 0.4) is 0 Å². The minimum absolute atomic E-state index is 0.283. The molecule has 2 aliphatic rings. The van der Waals surface area contributed by atoms with Crippen LogP contribution in [0.15, 0.2) is 66.9 Å². The predicted octanol–water partition coefficient (Wildman–Crippen LogP) is 5.31. The largest absolute Gasteiger partial charge is 0.493 e. The van der Waals surface area contributed by atoms with Crippen LogP contribution in [0.4, 0.5) is 0 Å². The van der Waals surface area contributed by atoms with Crippen LogP contribution in [0, 0.1) is 0 Å². The standard InChI is InChI=1S/C28H22NO4/c1-30-23-10-9-19-20-7-8-21-25-18(13-24-27(21)33-16-32-24)11-12-29(26(20)25)14-22(19)28(23)31-15-17-5-3-2-4-6-17/h2-10,13-14H,11-12,15-16H2,1H3/q+1. The van der Waals surface area contributed by atoms with Crippen molar-refractivity contribution in [1.82, 2.24) is 0 Å². The van der Waals surface area contributed by atoms with Gasteiger partial charge < -0.3 is 18.9 Å². The zero-order valence-corrected chi connectivity index (χ0v) is 18.3. The first-order chi connectivity index (χ1) is 16.3. The molecule has 0 atom stereocenters. The Bertz CT molecular complexity index is 1580. The normalized spacial score (nSPS) is 13.8. The molecular weight excluding hydrogens is 414 g/mol. The summed E-state index contributed by atoms with van der Waals surface area (Å²) in [6.07, 6.45) is 3.16. The topological polar surface area (TPSA) is 40.8 Å². The zero-order chi connectivity index (χ0) is 21.9. The average molecular weight is 436 g/mol. The quantitative estimate of drug-likeness (QED) is 0.283. The monoisotopic (exact) mass is 436 g/mol. The molecule has 4 aromatic carbocycles. The number of pyridine rings is 1. The third kappa shape index (κ3) is 2.68. The van der Waals surface area contributed by atoms with E-state index < -0.39 is 0 Å². The van der Waals surface area contributed by atoms with Crippen LogP contribution in [0.2, 0.25) is 0 Å². The van der Waals surface area contributed by atoms with Crippen molar-refractivity contribution in [3.05, 3.63) is 78.0 Å². The molecule has 5 aromatic rings. The number of nitrogens with zero attached hydrogens (tertiary/aromatic N) is 1. The molecule has 0 bridgehead atoms. The molecule has 0 aliphatic carbocycles. The van der Waals surface area contributed by atoms with Gasteiger partial charge in [-0.1, -0.05) is 30.3 Å². The van der Waals surface area contributed by atoms with Gasteiger partial charge >= 0.3 is 0 Å². The second-order valence-corrected chi connectivity index (χ2v) is 8.56. The molecule has 2 aliphatic heterocycles. The van der Waals surface area contributed by atoms with Gasteiger partial charge in [-0.25, -0.2) is 0 Å². The smallest absolute Gasteiger partial charge is 0.231 e. The van der Waals surface area contributed by atoms with Gasteiger partial charge in [0.05, 0.1) is 23.3 Å². The highest BCUT2D eigenvalue weighted by molar-refractivity contribution is 6.17. The molecule has 1 aromatic heterocycles. The molecule has 0 unspecified atom stereocenters. The highest BCUT2D eigenvalue weighted by Gasteiger charge is 2.29. The third-order valence-corrected chi connectivity index (χ3v) is 6.78. The Morgan fingerprint density at radius 3 is 2.64 bits per heavy atom. The van der Waals surface area contributed by atoms with E-state index in [-0.39, 0.29) is 6.79 Å². The van der Waals surface area contributed by atoms with Gasteiger partial charge in [-0.05, 0) is 41.5 Å². The lowest BCUT2D eigenvalue weighted by Crippen LogP contribution is -2.38. The van der Waals surface area contributed by atoms with Crippen molar-refractivity contribution in [2.75, 3.05) is 13.9 Å². The van der Waals surface area contributed by atoms with Crippen LogP contribution in [-0.4, -0.2) is 13.9 Å². The molecule has 5 heteroatoms. The van der Waals surface area contributed by atoms with Crippen molar-refractivity contribution in [3.8, 4) is 23.0 Å². The van der Waals surface area contributed by atoms with Gasteiger partial charge in [0.15, 0.2) is 35.7 Å². The lowest BCUT2D eigenvalue weighted by atomic mass is 9.93. The maximum absolute atomic E-state index is 6.36. The summed E-state index contributed by atoms with van der Waals surface area (Å²) in [5, 5.41) is 5.78. The minimum atomic E-state index is 0.283. The van der Waals surface area contributed by atoms with Crippen molar-refractivity contribution < 1.29 is 23.5 Å². The first-order valence-corrected chi connectivity index (χ1v) is 11.2. The molecule has 33 heavy (non-hydrogen) atoms. The fraction of sp³-hybridized carbons (Fsp3) is 0.179. The molecule has 3 heterocycles. The van der Waals surface area contributed by atoms with Crippen LogP contribution in [0.1, 0.15) is 11.1 Å². The first-order valence-electron chi connectivity index (χ1n) is 11.2. The Hall–Kier alpha value is -3.99. The fourth-order valence-electron chi connectivity index (χ4n) is 5.27. The number of hydrogen-bond acceptors (Lipinski definition) is 4. The summed E-state index contributed by atoms with van der Waals surface area (Å²) in [5.41, 5.74) is 3.67. The highest BCUT2D eigenvalue weighted by Crippen LogP contribution is 2.46. The number of aryl methyl sites for hydroxylation is 2. The molecule has 0 N–H and O–H groups in total. The molecular formula is C28H22NO4+. The molecule has 162 valence electrons. The molecule has 0 saturated heterocycles. The van der Waals surface area contributed by atoms with Crippen molar-refractivity contribution in [2.45, 2.75) is 19.6 Å². The number of aromatic nitrogens is 1. The van der Waals surface area contributed by atoms with E-state index in [9.17, 15) is 0 Å². The highest BCUT2D eigenvalue weighted by atomic mass is 16.7. The van der Waals surface area contributed by atoms with Gasteiger partial charge in [-0.15, -0.1) is 0 Å². The Labute approximate surface area is 190 Å². The number of rotatable bonds is 4. The molecule has 0 fully saturated rings. The summed E-state index contributed by atoms with van der Waals surface area (Å²) in [6, 6.07) is 20.9. The third-order valence-electron chi connectivity index (χ3n) is 6.78. The van der Waals surface area contributed by atoms with E-state index in [1.165, 1.54) is 21.9 Å². The lowest BCUT2D eigenvalue weighted by Gasteiger charge is -2.18. The van der Waals surface area contributed by atoms with E-state index in [1.54, 1.807) is 7.11 Å². The van der Waals surface area contributed by atoms with Crippen LogP contribution in [0.5, 0.6) is 23.0 Å². The molecule has 5 nitrogen and oxygen atoms in total. The minimum Gasteiger partial charge on any atom is -0.493 e. The van der Waals surface area contributed by atoms with Gasteiger partial charge in [0, 0.05) is 17.2 Å². The Morgan fingerprint density at radius 2 is 1.76 bits per heavy atom. The van der Waals surface area contributed by atoms with Gasteiger partial charge in [0.2, 0.25) is 12.3 Å². The molecule has 0 amide bonds. The van der Waals surface area contributed by atoms with E-state index in [0.29, 0.717) is 6.61 Å². The lowest BCUT2D eigenvalue weighted by molar-refractivity contribution is -0.670. The summed E-state index contributed by atoms with van der Waals surface area (Å²) in [7, 11) is 1.69. The van der Waals surface area contributed by atoms with Crippen LogP contribution < -0.4 is 23.5 Å². The van der Waals surface area contributed by atoms with Crippen LogP contribution >= 0.6 is 0 Å². The second kappa shape index (κ2) is 7.01. The van der Waals surface area contributed by atoms with Crippen LogP contribution in [-0.2, 0) is 19.6 Å². The van der Waals surface area contributed by atoms with Gasteiger partial charge in [0.1, 0.15) is 6.61 Å². The number of methoxy groups -OCH3 is 1. The van der Waals surface area contributed by atoms with E-state index in [0.717, 1.165) is 57.7 Å². The SMILES string of the molecule is COc1ccc2c(c[n+]3c4c2ccc2c5c(cc(c24)CC3)OCO5)c1OCc1ccccc1. The zero-order valence-electron chi connectivity index (χ0n) is 18.3. The van der Waals surface area contributed by atoms with Crippen molar-refractivity contribution >= 4 is 32.4 Å². The van der Waals surface area contributed by atoms with Crippen molar-refractivity contribution in [2.24, 2.45) is 0 Å². The summed E-state index contributed by atoms with van der Waals surface area (Å²) in [5.74, 6) is 3.23. The van der Waals surface area contributed by atoms with Crippen molar-refractivity contribution in [3.63, 3.8) is 0 Å². The van der Waals surface area contributed by atoms with Crippen molar-refractivity contribution in [1.29, 1.82) is 0 Å². The summed E-state index contributed by atoms with van der Waals surface area (Å²) in [4.78, 5) is 0. The number of benzene rings is 4. The predicted molar refractivity (Wildman–Crippen MR) is 126 cm³/mol. The number of fused-ring (bicyclic) bond motifs is 4. The van der Waals surface area contributed by atoms with Crippen LogP contribution in [0.25, 0.3) is 32.4 Å². The molecule has 0 spiro atoms. The maximum atomic E-state index is 6.36. The summed E-state index contributed by atoms with van der Waals surface area (Å²) >= 11 is 0. The maximum Gasteiger partial charge on any atom is 0.231 e. The average Bonchev–Trinajstić information content (AvgIpc) is 3.34. The van der Waals surface area contributed by atoms with E-state index in [4.69, 9.17) is 18.9 Å². The first kappa shape index (κ1) is 18.6. The number of hydrogen-bond donors (Lipinski definition) is 0. The Balaban J connectivity index is 1.49. The van der Waals surface area contributed by atoms with Gasteiger partial charge in [-0.3, -0.25) is 0 Å². The molecule has 0 radical (unpaired) electrons. The van der Waals surface area contributed by atoms with Gasteiger partial charge in [0.25, 0.3) is 0 Å². The second-order valence-electron chi connectivity index (χ2n) is 8.56. The Kier molecular flexibility index (Phi) is 3.94. The van der Waals surface area contributed by atoms with E-state index in [2.05, 4.69) is 47.2 Å². The number of ether oxygens (including phenoxy) is 4. The van der Waals surface area contributed by atoms with E-state index in [1.807, 2.05) is 24.3 Å². The summed E-state index contributed by atoms with van der Waals surface area (Å²) in [6.45, 7) is 1.67. The molecule has 0 saturated carbocycles. The van der Waals surface area contributed by atoms with Gasteiger partial charge in [-0.2, -0.15) is 4.57 Å². The fourth-order valence-corrected chi connectivity index (χ4v) is 5.27. The van der Waals surface area contributed by atoms with E-state index >= 15 is 0 Å². The summed E-state index contributed by atoms with van der Waals surface area (Å²) < 4.78 is 25.9. The Morgan fingerprint density at radius 1 is 0.909 bits per heavy atom. The molecule has 7 rings (SSSR count).